The molecule has 0 aliphatic heterocycles. The third-order valence-corrected chi connectivity index (χ3v) is 2.78. The highest BCUT2D eigenvalue weighted by molar-refractivity contribution is 4.94. The van der Waals surface area contributed by atoms with Gasteiger partial charge in [-0.25, -0.2) is 0 Å². The van der Waals surface area contributed by atoms with E-state index in [4.69, 9.17) is 0 Å². The molecule has 0 spiro atoms. The third-order valence-electron chi connectivity index (χ3n) is 2.78. The molecule has 2 N–H and O–H groups in total. The van der Waals surface area contributed by atoms with Gasteiger partial charge in [-0.05, 0) is 18.3 Å². The molecular weight excluding hydrogens is 152 g/mol. The Morgan fingerprint density at radius 2 is 1.58 bits per heavy atom. The molecule has 0 fully saturated rings. The van der Waals surface area contributed by atoms with Crippen molar-refractivity contribution >= 4 is 0 Å². The summed E-state index contributed by atoms with van der Waals surface area (Å²) in [6.07, 6.45) is 0.565. The Balaban J connectivity index is 4.67. The molecule has 0 saturated heterocycles. The minimum atomic E-state index is -0.957. The zero-order valence-electron chi connectivity index (χ0n) is 8.89. The molecule has 0 aromatic carbocycles. The molecule has 0 amide bonds. The molecule has 0 heterocycles. The summed E-state index contributed by atoms with van der Waals surface area (Å²) in [4.78, 5) is 0. The summed E-state index contributed by atoms with van der Waals surface area (Å²) in [6.45, 7) is 9.65. The van der Waals surface area contributed by atoms with E-state index in [1.807, 2.05) is 34.6 Å². The van der Waals surface area contributed by atoms with Gasteiger partial charge in [-0.2, -0.15) is 0 Å². The number of aliphatic hydroxyl groups is 2. The van der Waals surface area contributed by atoms with Gasteiger partial charge in [0.1, 0.15) is 0 Å². The average Bonchev–Trinajstić information content (AvgIpc) is 1.99. The molecule has 2 nitrogen and oxygen atoms in total. The van der Waals surface area contributed by atoms with Gasteiger partial charge in [-0.1, -0.05) is 34.6 Å². The summed E-state index contributed by atoms with van der Waals surface area (Å²) < 4.78 is 0. The fraction of sp³-hybridized carbons (Fsp3) is 1.00. The topological polar surface area (TPSA) is 40.5 Å². The lowest BCUT2D eigenvalue weighted by atomic mass is 9.71. The second kappa shape index (κ2) is 3.75. The van der Waals surface area contributed by atoms with E-state index in [-0.39, 0.29) is 5.41 Å². The van der Waals surface area contributed by atoms with Crippen LogP contribution < -0.4 is 0 Å². The second-order valence-corrected chi connectivity index (χ2v) is 4.45. The van der Waals surface area contributed by atoms with E-state index in [2.05, 4.69) is 0 Å². The highest BCUT2D eigenvalue weighted by atomic mass is 16.3. The fourth-order valence-corrected chi connectivity index (χ4v) is 1.60. The molecule has 2 heteroatoms. The van der Waals surface area contributed by atoms with Crippen LogP contribution in [0.15, 0.2) is 0 Å². The van der Waals surface area contributed by atoms with E-state index in [1.165, 1.54) is 0 Å². The molecule has 0 aliphatic carbocycles. The summed E-state index contributed by atoms with van der Waals surface area (Å²) in [5.41, 5.74) is -1.22. The van der Waals surface area contributed by atoms with Gasteiger partial charge in [0.15, 0.2) is 0 Å². The van der Waals surface area contributed by atoms with E-state index >= 15 is 0 Å². The standard InChI is InChI=1S/C10H22O2/c1-6-8(11)10(12,7-2)9(3,4)5/h8,11-12H,6-7H2,1-5H3. The first-order chi connectivity index (χ1) is 5.29. The van der Waals surface area contributed by atoms with Crippen molar-refractivity contribution in [3.63, 3.8) is 0 Å². The molecule has 2 unspecified atom stereocenters. The number of aliphatic hydroxyl groups excluding tert-OH is 1. The molecule has 74 valence electrons. The third kappa shape index (κ3) is 1.99. The first-order valence-corrected chi connectivity index (χ1v) is 4.70. The maximum atomic E-state index is 10.2. The fourth-order valence-electron chi connectivity index (χ4n) is 1.60. The zero-order chi connectivity index (χ0) is 9.99. The zero-order valence-corrected chi connectivity index (χ0v) is 8.89. The predicted molar refractivity (Wildman–Crippen MR) is 51.0 cm³/mol. The van der Waals surface area contributed by atoms with Crippen LogP contribution in [0.5, 0.6) is 0 Å². The highest BCUT2D eigenvalue weighted by Crippen LogP contribution is 2.36. The molecule has 0 aliphatic rings. The summed E-state index contributed by atoms with van der Waals surface area (Å²) in [5, 5.41) is 19.8. The van der Waals surface area contributed by atoms with Crippen molar-refractivity contribution in [1.29, 1.82) is 0 Å². The van der Waals surface area contributed by atoms with Gasteiger partial charge < -0.3 is 10.2 Å². The van der Waals surface area contributed by atoms with E-state index in [0.29, 0.717) is 12.8 Å². The first-order valence-electron chi connectivity index (χ1n) is 4.70. The second-order valence-electron chi connectivity index (χ2n) is 4.45. The minimum absolute atomic E-state index is 0.267. The van der Waals surface area contributed by atoms with E-state index in [0.717, 1.165) is 0 Å². The monoisotopic (exact) mass is 174 g/mol. The molecular formula is C10H22O2. The van der Waals surface area contributed by atoms with E-state index < -0.39 is 11.7 Å². The van der Waals surface area contributed by atoms with Gasteiger partial charge in [-0.3, -0.25) is 0 Å². The highest BCUT2D eigenvalue weighted by Gasteiger charge is 2.43. The molecule has 0 aromatic rings. The smallest absolute Gasteiger partial charge is 0.0950 e. The van der Waals surface area contributed by atoms with Crippen LogP contribution in [-0.2, 0) is 0 Å². The molecule has 0 rings (SSSR count). The van der Waals surface area contributed by atoms with Crippen molar-refractivity contribution in [2.75, 3.05) is 0 Å². The Bertz CT molecular complexity index is 137. The maximum Gasteiger partial charge on any atom is 0.0950 e. The van der Waals surface area contributed by atoms with Crippen molar-refractivity contribution in [3.05, 3.63) is 0 Å². The number of hydrogen-bond acceptors (Lipinski definition) is 2. The molecule has 0 aromatic heterocycles. The lowest BCUT2D eigenvalue weighted by Gasteiger charge is -2.43. The molecule has 2 atom stereocenters. The summed E-state index contributed by atoms with van der Waals surface area (Å²) >= 11 is 0. The van der Waals surface area contributed by atoms with Gasteiger partial charge in [0, 0.05) is 0 Å². The summed E-state index contributed by atoms with van der Waals surface area (Å²) in [6, 6.07) is 0. The van der Waals surface area contributed by atoms with Crippen molar-refractivity contribution in [2.24, 2.45) is 5.41 Å². The Kier molecular flexibility index (Phi) is 3.73. The van der Waals surface area contributed by atoms with Gasteiger partial charge in [-0.15, -0.1) is 0 Å². The van der Waals surface area contributed by atoms with Crippen LogP contribution in [0.2, 0.25) is 0 Å². The lowest BCUT2D eigenvalue weighted by Crippen LogP contribution is -2.51. The molecule has 0 saturated carbocycles. The van der Waals surface area contributed by atoms with Gasteiger partial charge >= 0.3 is 0 Å². The van der Waals surface area contributed by atoms with Crippen LogP contribution in [0.1, 0.15) is 47.5 Å². The number of rotatable bonds is 3. The van der Waals surface area contributed by atoms with Crippen molar-refractivity contribution in [2.45, 2.75) is 59.2 Å². The predicted octanol–water partition coefficient (Wildman–Crippen LogP) is 1.94. The normalized spacial score (nSPS) is 20.2. The minimum Gasteiger partial charge on any atom is -0.390 e. The SMILES string of the molecule is CCC(O)C(O)(CC)C(C)(C)C. The van der Waals surface area contributed by atoms with E-state index in [1.54, 1.807) is 0 Å². The van der Waals surface area contributed by atoms with Crippen LogP contribution in [0.4, 0.5) is 0 Å². The van der Waals surface area contributed by atoms with Crippen LogP contribution in [0, 0.1) is 5.41 Å². The Morgan fingerprint density at radius 1 is 1.17 bits per heavy atom. The first kappa shape index (κ1) is 11.9. The molecule has 0 bridgehead atoms. The molecule has 12 heavy (non-hydrogen) atoms. The lowest BCUT2D eigenvalue weighted by molar-refractivity contribution is -0.144. The van der Waals surface area contributed by atoms with Crippen LogP contribution in [0.25, 0.3) is 0 Å². The quantitative estimate of drug-likeness (QED) is 0.686. The summed E-state index contributed by atoms with van der Waals surface area (Å²) in [5.74, 6) is 0. The van der Waals surface area contributed by atoms with Crippen LogP contribution in [-0.4, -0.2) is 21.9 Å². The molecule has 0 radical (unpaired) electrons. The van der Waals surface area contributed by atoms with Crippen molar-refractivity contribution in [3.8, 4) is 0 Å². The van der Waals surface area contributed by atoms with Gasteiger partial charge in [0.25, 0.3) is 0 Å². The Labute approximate surface area is 75.6 Å². The van der Waals surface area contributed by atoms with Crippen LogP contribution in [0.3, 0.4) is 0 Å². The summed E-state index contributed by atoms with van der Waals surface area (Å²) in [7, 11) is 0. The van der Waals surface area contributed by atoms with Gasteiger partial charge in [0.2, 0.25) is 0 Å². The number of hydrogen-bond donors (Lipinski definition) is 2. The Hall–Kier alpha value is -0.0800. The van der Waals surface area contributed by atoms with E-state index in [9.17, 15) is 10.2 Å². The average molecular weight is 174 g/mol. The largest absolute Gasteiger partial charge is 0.390 e. The van der Waals surface area contributed by atoms with Crippen molar-refractivity contribution in [1.82, 2.24) is 0 Å². The van der Waals surface area contributed by atoms with Crippen LogP contribution >= 0.6 is 0 Å². The maximum absolute atomic E-state index is 10.2. The Morgan fingerprint density at radius 3 is 1.67 bits per heavy atom. The van der Waals surface area contributed by atoms with Gasteiger partial charge in [0.05, 0.1) is 11.7 Å². The van der Waals surface area contributed by atoms with Crippen molar-refractivity contribution < 1.29 is 10.2 Å².